The van der Waals surface area contributed by atoms with E-state index in [2.05, 4.69) is 5.32 Å². The van der Waals surface area contributed by atoms with Gasteiger partial charge in [0, 0.05) is 7.11 Å². The first-order valence-electron chi connectivity index (χ1n) is 5.82. The summed E-state index contributed by atoms with van der Waals surface area (Å²) < 4.78 is 27.8. The first-order chi connectivity index (χ1) is 9.49. The highest BCUT2D eigenvalue weighted by Crippen LogP contribution is 2.30. The van der Waals surface area contributed by atoms with Crippen molar-refractivity contribution in [2.75, 3.05) is 13.7 Å². The number of primary sulfonamides is 1. The molecule has 1 amide bonds. The van der Waals surface area contributed by atoms with Crippen LogP contribution in [0.3, 0.4) is 0 Å². The summed E-state index contributed by atoms with van der Waals surface area (Å²) in [7, 11) is -2.56. The first-order valence-corrected chi connectivity index (χ1v) is 8.12. The molecule has 0 spiro atoms. The van der Waals surface area contributed by atoms with E-state index >= 15 is 0 Å². The summed E-state index contributed by atoms with van der Waals surface area (Å²) in [6, 6.07) is 2.41. The molecule has 3 N–H and O–H groups in total. The largest absolute Gasteiger partial charge is 0.382 e. The molecule has 0 saturated heterocycles. The van der Waals surface area contributed by atoms with Crippen LogP contribution in [0, 0.1) is 0 Å². The minimum absolute atomic E-state index is 0.0260. The summed E-state index contributed by atoms with van der Waals surface area (Å²) in [6.45, 7) is 3.72. The number of nitrogens with one attached hydrogen (secondary N) is 1. The van der Waals surface area contributed by atoms with E-state index < -0.39 is 21.5 Å². The molecule has 0 fully saturated rings. The average Bonchev–Trinajstić information content (AvgIpc) is 2.25. The fourth-order valence-corrected chi connectivity index (χ4v) is 3.20. The van der Waals surface area contributed by atoms with Crippen LogP contribution in [0.5, 0.6) is 0 Å². The van der Waals surface area contributed by atoms with Crippen molar-refractivity contribution in [2.45, 2.75) is 24.3 Å². The van der Waals surface area contributed by atoms with Gasteiger partial charge in [-0.15, -0.1) is 0 Å². The quantitative estimate of drug-likeness (QED) is 0.841. The molecule has 9 heteroatoms. The summed E-state index contributed by atoms with van der Waals surface area (Å²) >= 11 is 11.9. The Morgan fingerprint density at radius 1 is 1.38 bits per heavy atom. The molecule has 0 aliphatic carbocycles. The first kappa shape index (κ1) is 18.2. The van der Waals surface area contributed by atoms with Gasteiger partial charge in [0.1, 0.15) is 4.90 Å². The molecule has 118 valence electrons. The molecule has 1 aromatic carbocycles. The van der Waals surface area contributed by atoms with Gasteiger partial charge in [0.2, 0.25) is 10.0 Å². The Labute approximate surface area is 133 Å². The number of carbonyl (C=O) groups excluding carboxylic acids is 1. The number of sulfonamides is 1. The van der Waals surface area contributed by atoms with Crippen LogP contribution in [0.1, 0.15) is 24.2 Å². The van der Waals surface area contributed by atoms with Crippen molar-refractivity contribution in [3.05, 3.63) is 27.7 Å². The Hall–Kier alpha value is -0.860. The number of nitrogens with two attached hydrogens (primary N) is 1. The number of ether oxygens (including phenoxy) is 1. The molecule has 0 aliphatic heterocycles. The maximum absolute atomic E-state index is 12.3. The second-order valence-electron chi connectivity index (χ2n) is 5.05. The molecule has 6 nitrogen and oxygen atoms in total. The third-order valence-corrected chi connectivity index (χ3v) is 4.32. The standard InChI is InChI=1S/C12H16Cl2N2O4S/c1-12(2,6-20-3)16-11(17)9-7(13)4-5-8(10(9)14)21(15,18)19/h4-5H,6H2,1-3H3,(H,16,17)(H2,15,18,19). The summed E-state index contributed by atoms with van der Waals surface area (Å²) in [5.74, 6) is -0.613. The van der Waals surface area contributed by atoms with E-state index in [4.69, 9.17) is 33.1 Å². The molecule has 0 heterocycles. The van der Waals surface area contributed by atoms with Gasteiger partial charge in [0.05, 0.1) is 27.8 Å². The highest BCUT2D eigenvalue weighted by atomic mass is 35.5. The van der Waals surface area contributed by atoms with E-state index in [9.17, 15) is 13.2 Å². The smallest absolute Gasteiger partial charge is 0.254 e. The van der Waals surface area contributed by atoms with Crippen LogP contribution >= 0.6 is 23.2 Å². The average molecular weight is 355 g/mol. The number of hydrogen-bond acceptors (Lipinski definition) is 4. The zero-order valence-electron chi connectivity index (χ0n) is 11.7. The Bertz CT molecular complexity index is 659. The number of carbonyl (C=O) groups is 1. The number of halogens is 2. The van der Waals surface area contributed by atoms with E-state index in [0.29, 0.717) is 0 Å². The van der Waals surface area contributed by atoms with Crippen molar-refractivity contribution in [1.82, 2.24) is 5.32 Å². The number of rotatable bonds is 5. The van der Waals surface area contributed by atoms with E-state index in [1.807, 2.05) is 0 Å². The zero-order chi connectivity index (χ0) is 16.4. The van der Waals surface area contributed by atoms with Gasteiger partial charge in [-0.25, -0.2) is 13.6 Å². The Balaban J connectivity index is 3.28. The van der Waals surface area contributed by atoms with Crippen molar-refractivity contribution in [1.29, 1.82) is 0 Å². The van der Waals surface area contributed by atoms with Gasteiger partial charge in [0.25, 0.3) is 5.91 Å². The van der Waals surface area contributed by atoms with Gasteiger partial charge >= 0.3 is 0 Å². The molecular weight excluding hydrogens is 339 g/mol. The van der Waals surface area contributed by atoms with E-state index in [1.165, 1.54) is 13.2 Å². The number of methoxy groups -OCH3 is 1. The van der Waals surface area contributed by atoms with Crippen molar-refractivity contribution in [3.63, 3.8) is 0 Å². The van der Waals surface area contributed by atoms with Crippen LogP contribution < -0.4 is 10.5 Å². The van der Waals surface area contributed by atoms with Crippen molar-refractivity contribution in [3.8, 4) is 0 Å². The molecule has 0 unspecified atom stereocenters. The normalized spacial score (nSPS) is 12.3. The SMILES string of the molecule is COCC(C)(C)NC(=O)c1c(Cl)ccc(S(N)(=O)=O)c1Cl. The van der Waals surface area contributed by atoms with Gasteiger partial charge in [0.15, 0.2) is 0 Å². The van der Waals surface area contributed by atoms with Gasteiger partial charge in [-0.3, -0.25) is 4.79 Å². The Morgan fingerprint density at radius 3 is 2.43 bits per heavy atom. The zero-order valence-corrected chi connectivity index (χ0v) is 14.1. The molecule has 0 radical (unpaired) electrons. The van der Waals surface area contributed by atoms with E-state index in [1.54, 1.807) is 13.8 Å². The van der Waals surface area contributed by atoms with Crippen LogP contribution in [-0.2, 0) is 14.8 Å². The summed E-state index contributed by atoms with van der Waals surface area (Å²) in [5.41, 5.74) is -0.829. The van der Waals surface area contributed by atoms with Gasteiger partial charge in [-0.05, 0) is 26.0 Å². The molecule has 0 aliphatic rings. The maximum atomic E-state index is 12.3. The number of benzene rings is 1. The van der Waals surface area contributed by atoms with Crippen LogP contribution in [0.15, 0.2) is 17.0 Å². The van der Waals surface area contributed by atoms with Crippen LogP contribution in [0.4, 0.5) is 0 Å². The third kappa shape index (κ3) is 4.55. The molecule has 0 saturated carbocycles. The molecule has 21 heavy (non-hydrogen) atoms. The van der Waals surface area contributed by atoms with Gasteiger partial charge < -0.3 is 10.1 Å². The van der Waals surface area contributed by atoms with Crippen LogP contribution in [0.2, 0.25) is 10.0 Å². The predicted octanol–water partition coefficient (Wildman–Crippen LogP) is 1.80. The summed E-state index contributed by atoms with van der Waals surface area (Å²) in [4.78, 5) is 11.9. The highest BCUT2D eigenvalue weighted by Gasteiger charge is 2.27. The fraction of sp³-hybridized carbons (Fsp3) is 0.417. The van der Waals surface area contributed by atoms with Gasteiger partial charge in [-0.2, -0.15) is 0 Å². The second kappa shape index (κ2) is 6.50. The molecule has 1 aromatic rings. The molecule has 1 rings (SSSR count). The summed E-state index contributed by atoms with van der Waals surface area (Å²) in [5, 5.41) is 7.43. The topological polar surface area (TPSA) is 98.5 Å². The van der Waals surface area contributed by atoms with Gasteiger partial charge in [-0.1, -0.05) is 23.2 Å². The molecule has 0 bridgehead atoms. The Kier molecular flexibility index (Phi) is 5.63. The third-order valence-electron chi connectivity index (χ3n) is 2.55. The second-order valence-corrected chi connectivity index (χ2v) is 7.37. The minimum Gasteiger partial charge on any atom is -0.382 e. The summed E-state index contributed by atoms with van der Waals surface area (Å²) in [6.07, 6.45) is 0. The maximum Gasteiger partial charge on any atom is 0.254 e. The van der Waals surface area contributed by atoms with Crippen LogP contribution in [-0.4, -0.2) is 33.6 Å². The lowest BCUT2D eigenvalue weighted by Gasteiger charge is -2.25. The monoisotopic (exact) mass is 354 g/mol. The highest BCUT2D eigenvalue weighted by molar-refractivity contribution is 7.89. The van der Waals surface area contributed by atoms with E-state index in [-0.39, 0.29) is 27.1 Å². The van der Waals surface area contributed by atoms with Crippen molar-refractivity contribution in [2.24, 2.45) is 5.14 Å². The van der Waals surface area contributed by atoms with Crippen LogP contribution in [0.25, 0.3) is 0 Å². The number of hydrogen-bond donors (Lipinski definition) is 2. The van der Waals surface area contributed by atoms with E-state index in [0.717, 1.165) is 6.07 Å². The fourth-order valence-electron chi connectivity index (χ4n) is 1.73. The number of amides is 1. The lowest BCUT2D eigenvalue weighted by Crippen LogP contribution is -2.47. The Morgan fingerprint density at radius 2 is 1.95 bits per heavy atom. The molecule has 0 aromatic heterocycles. The molecule has 0 atom stereocenters. The molecular formula is C12H16Cl2N2O4S. The predicted molar refractivity (Wildman–Crippen MR) is 81.3 cm³/mol. The van der Waals surface area contributed by atoms with Crippen molar-refractivity contribution < 1.29 is 17.9 Å². The lowest BCUT2D eigenvalue weighted by atomic mass is 10.1. The minimum atomic E-state index is -4.06. The van der Waals surface area contributed by atoms with Crippen molar-refractivity contribution >= 4 is 39.1 Å². The lowest BCUT2D eigenvalue weighted by molar-refractivity contribution is 0.0820.